The van der Waals surface area contributed by atoms with Crippen LogP contribution < -0.4 is 10.4 Å². The molecule has 0 radical (unpaired) electrons. The summed E-state index contributed by atoms with van der Waals surface area (Å²) in [5.74, 6) is -58.9. The molecular formula is C25H21F20N2O3-. The van der Waals surface area contributed by atoms with Crippen molar-refractivity contribution in [1.29, 1.82) is 0 Å². The molecule has 50 heavy (non-hydrogen) atoms. The number of alkyl halides is 20. The smallest absolute Gasteiger partial charge is 0.460 e. The zero-order valence-electron chi connectivity index (χ0n) is 24.6. The summed E-state index contributed by atoms with van der Waals surface area (Å²) in [7, 11) is 0. The first-order valence-corrected chi connectivity index (χ1v) is 13.0. The van der Waals surface area contributed by atoms with Crippen molar-refractivity contribution in [3.05, 3.63) is 35.4 Å². The first-order chi connectivity index (χ1) is 21.9. The van der Waals surface area contributed by atoms with Crippen LogP contribution in [0.25, 0.3) is 0 Å². The van der Waals surface area contributed by atoms with E-state index < -0.39 is 109 Å². The van der Waals surface area contributed by atoms with E-state index in [9.17, 15) is 103 Å². The third-order valence-electron chi connectivity index (χ3n) is 7.10. The van der Waals surface area contributed by atoms with Crippen molar-refractivity contribution in [2.75, 3.05) is 6.54 Å². The van der Waals surface area contributed by atoms with Gasteiger partial charge in [0.2, 0.25) is 5.91 Å². The monoisotopic (exact) mass is 777 g/mol. The van der Waals surface area contributed by atoms with Crippen LogP contribution in [0.2, 0.25) is 0 Å². The molecule has 0 saturated heterocycles. The summed E-state index contributed by atoms with van der Waals surface area (Å²) in [6, 6.07) is 3.35. The molecule has 290 valence electrons. The highest BCUT2D eigenvalue weighted by Gasteiger charge is 2.95. The van der Waals surface area contributed by atoms with Gasteiger partial charge in [-0.05, 0) is 38.0 Å². The van der Waals surface area contributed by atoms with Crippen LogP contribution in [-0.2, 0) is 17.5 Å². The summed E-state index contributed by atoms with van der Waals surface area (Å²) in [4.78, 5) is 23.6. The van der Waals surface area contributed by atoms with Gasteiger partial charge in [0.25, 0.3) is 0 Å². The van der Waals surface area contributed by atoms with Gasteiger partial charge in [0.1, 0.15) is 6.09 Å². The number of amides is 2. The molecule has 0 fully saturated rings. The van der Waals surface area contributed by atoms with Gasteiger partial charge in [-0.15, -0.1) is 0 Å². The normalized spacial score (nSPS) is 14.8. The highest BCUT2D eigenvalue weighted by Crippen LogP contribution is 2.64. The van der Waals surface area contributed by atoms with E-state index in [4.69, 9.17) is 0 Å². The molecule has 2 amide bonds. The Hall–Kier alpha value is -3.44. The number of carbonyl (C=O) groups excluding carboxylic acids is 2. The summed E-state index contributed by atoms with van der Waals surface area (Å²) in [5, 5.41) is 13.6. The summed E-state index contributed by atoms with van der Waals surface area (Å²) < 4.78 is 268. The third kappa shape index (κ3) is 8.04. The summed E-state index contributed by atoms with van der Waals surface area (Å²) >= 11 is 0. The fraction of sp³-hybridized carbons (Fsp3) is 0.680. The average molecular weight is 777 g/mol. The Kier molecular flexibility index (Phi) is 12.1. The molecule has 0 aliphatic carbocycles. The van der Waals surface area contributed by atoms with Gasteiger partial charge in [-0.3, -0.25) is 4.79 Å². The van der Waals surface area contributed by atoms with Gasteiger partial charge in [0, 0.05) is 31.5 Å². The molecule has 1 aromatic carbocycles. The Morgan fingerprint density at radius 3 is 1.52 bits per heavy atom. The van der Waals surface area contributed by atoms with Crippen LogP contribution in [0.5, 0.6) is 0 Å². The number of carboxylic acid groups (broad SMARTS) is 1. The van der Waals surface area contributed by atoms with E-state index in [-0.39, 0.29) is 10.5 Å². The van der Waals surface area contributed by atoms with Crippen LogP contribution in [0.4, 0.5) is 92.6 Å². The van der Waals surface area contributed by atoms with Gasteiger partial charge in [0.15, 0.2) is 0 Å². The standard InChI is InChI=1S/C25H22F20N2O3/c1-16(2,47(15(49)50)9-6-14(48)46-11-12-4-3-5-13(10-12)18(28,29)30)7-8-17(26,27)19(31,32)20(33,34)21(35,36)22(37,38)23(39,40)24(41,42)25(43,44)45/h3-5,10H,6-9,11H2,1-2H3,(H,46,48)(H,49,50)/p-1. The zero-order valence-corrected chi connectivity index (χ0v) is 24.6. The van der Waals surface area contributed by atoms with Crippen LogP contribution in [0.15, 0.2) is 24.3 Å². The molecule has 0 spiro atoms. The average Bonchev–Trinajstić information content (AvgIpc) is 2.93. The highest BCUT2D eigenvalue weighted by molar-refractivity contribution is 5.76. The lowest BCUT2D eigenvalue weighted by atomic mass is 9.86. The molecule has 0 heterocycles. The molecule has 25 heteroatoms. The van der Waals surface area contributed by atoms with Crippen LogP contribution in [-0.4, -0.2) is 76.6 Å². The fourth-order valence-electron chi connectivity index (χ4n) is 3.95. The summed E-state index contributed by atoms with van der Waals surface area (Å²) in [6.45, 7) is -0.651. The van der Waals surface area contributed by atoms with E-state index in [1.807, 2.05) is 5.32 Å². The minimum absolute atomic E-state index is 0.105. The maximum atomic E-state index is 14.4. The Balaban J connectivity index is 3.20. The number of halogens is 20. The minimum atomic E-state index is -8.80. The number of carbonyl (C=O) groups is 2. The number of hydrogen-bond donors (Lipinski definition) is 1. The second kappa shape index (κ2) is 13.6. The number of rotatable bonds is 15. The molecule has 1 N–H and O–H groups in total. The molecule has 5 nitrogen and oxygen atoms in total. The van der Waals surface area contributed by atoms with E-state index in [0.717, 1.165) is 12.1 Å². The van der Waals surface area contributed by atoms with Crippen molar-refractivity contribution >= 4 is 12.0 Å². The van der Waals surface area contributed by atoms with E-state index >= 15 is 0 Å². The number of nitrogens with one attached hydrogen (secondary N) is 1. The van der Waals surface area contributed by atoms with Crippen molar-refractivity contribution < 1.29 is 103 Å². The van der Waals surface area contributed by atoms with Gasteiger partial charge in [-0.25, -0.2) is 0 Å². The van der Waals surface area contributed by atoms with E-state index in [1.54, 1.807) is 0 Å². The molecule has 0 bridgehead atoms. The lowest BCUT2D eigenvalue weighted by Crippen LogP contribution is -2.74. The maximum Gasteiger partial charge on any atom is 0.460 e. The molecule has 0 aliphatic rings. The Morgan fingerprint density at radius 2 is 1.10 bits per heavy atom. The summed E-state index contributed by atoms with van der Waals surface area (Å²) in [5.41, 5.74) is -3.83. The molecule has 1 rings (SSSR count). The van der Waals surface area contributed by atoms with Crippen LogP contribution in [0.1, 0.15) is 44.2 Å². The van der Waals surface area contributed by atoms with E-state index in [1.165, 1.54) is 0 Å². The van der Waals surface area contributed by atoms with E-state index in [2.05, 4.69) is 0 Å². The van der Waals surface area contributed by atoms with Gasteiger partial charge in [0.05, 0.1) is 5.56 Å². The number of benzene rings is 1. The second-order valence-corrected chi connectivity index (χ2v) is 11.1. The Morgan fingerprint density at radius 1 is 0.660 bits per heavy atom. The van der Waals surface area contributed by atoms with Crippen molar-refractivity contribution in [2.45, 2.75) is 99.0 Å². The molecule has 1 aromatic rings. The van der Waals surface area contributed by atoms with Crippen molar-refractivity contribution in [1.82, 2.24) is 10.2 Å². The molecule has 0 atom stereocenters. The fourth-order valence-corrected chi connectivity index (χ4v) is 3.95. The van der Waals surface area contributed by atoms with Gasteiger partial charge >= 0.3 is 53.8 Å². The predicted octanol–water partition coefficient (Wildman–Crippen LogP) is 7.93. The SMILES string of the molecule is CC(C)(CCC(F)(F)C(F)(F)C(F)(F)C(F)(F)C(F)(F)C(F)(F)C(F)(F)C(F)(F)F)N(CCC(=O)NCc1cccc(C(F)(F)F)c1)C(=O)[O-]. The third-order valence-corrected chi connectivity index (χ3v) is 7.10. The maximum absolute atomic E-state index is 14.4. The number of nitrogens with zero attached hydrogens (tertiary/aromatic N) is 1. The minimum Gasteiger partial charge on any atom is -0.530 e. The topological polar surface area (TPSA) is 72.5 Å². The van der Waals surface area contributed by atoms with Crippen molar-refractivity contribution in [3.8, 4) is 0 Å². The van der Waals surface area contributed by atoms with Crippen LogP contribution in [0, 0.1) is 0 Å². The molecule has 0 aliphatic heterocycles. The lowest BCUT2D eigenvalue weighted by molar-refractivity contribution is -0.461. The van der Waals surface area contributed by atoms with Gasteiger partial charge in [-0.1, -0.05) is 12.1 Å². The van der Waals surface area contributed by atoms with Crippen molar-refractivity contribution in [2.24, 2.45) is 0 Å². The van der Waals surface area contributed by atoms with Gasteiger partial charge in [-0.2, -0.15) is 87.8 Å². The largest absolute Gasteiger partial charge is 0.530 e. The molecular weight excluding hydrogens is 756 g/mol. The Bertz CT molecular complexity index is 1370. The first kappa shape index (κ1) is 44.6. The summed E-state index contributed by atoms with van der Waals surface area (Å²) in [6.07, 6.45) is -20.9. The molecule has 0 aromatic heterocycles. The van der Waals surface area contributed by atoms with Crippen LogP contribution in [0.3, 0.4) is 0 Å². The second-order valence-electron chi connectivity index (χ2n) is 11.1. The first-order valence-electron chi connectivity index (χ1n) is 13.0. The quantitative estimate of drug-likeness (QED) is 0.184. The molecule has 0 unspecified atom stereocenters. The van der Waals surface area contributed by atoms with E-state index in [0.29, 0.717) is 26.0 Å². The van der Waals surface area contributed by atoms with Crippen LogP contribution >= 0.6 is 0 Å². The van der Waals surface area contributed by atoms with Gasteiger partial charge < -0.3 is 20.1 Å². The molecule has 0 saturated carbocycles. The lowest BCUT2D eigenvalue weighted by Gasteiger charge is -2.44. The Labute approximate surface area is 266 Å². The number of hydrogen-bond acceptors (Lipinski definition) is 3. The highest BCUT2D eigenvalue weighted by atomic mass is 19.4. The van der Waals surface area contributed by atoms with Crippen molar-refractivity contribution in [3.63, 3.8) is 0 Å². The predicted molar refractivity (Wildman–Crippen MR) is 124 cm³/mol. The zero-order chi connectivity index (χ0) is 40.0.